The van der Waals surface area contributed by atoms with E-state index in [1.54, 1.807) is 12.3 Å². The molecule has 1 aromatic heterocycles. The van der Waals surface area contributed by atoms with Gasteiger partial charge in [0.25, 0.3) is 5.91 Å². The lowest BCUT2D eigenvalue weighted by Gasteiger charge is -2.17. The summed E-state index contributed by atoms with van der Waals surface area (Å²) in [5.41, 5.74) is 3.50. The predicted octanol–water partition coefficient (Wildman–Crippen LogP) is 2.96. The molecular formula is C23H25N3O4. The highest BCUT2D eigenvalue weighted by Crippen LogP contribution is 2.19. The summed E-state index contributed by atoms with van der Waals surface area (Å²) in [7, 11) is 0. The van der Waals surface area contributed by atoms with Crippen LogP contribution in [0.5, 0.6) is 0 Å². The van der Waals surface area contributed by atoms with Crippen LogP contribution in [0.3, 0.4) is 0 Å². The number of para-hydroxylation sites is 2. The summed E-state index contributed by atoms with van der Waals surface area (Å²) < 4.78 is 5.20. The van der Waals surface area contributed by atoms with Gasteiger partial charge in [-0.1, -0.05) is 43.3 Å². The Kier molecular flexibility index (Phi) is 6.85. The summed E-state index contributed by atoms with van der Waals surface area (Å²) in [5.74, 6) is -1.44. The van der Waals surface area contributed by atoms with E-state index in [1.165, 1.54) is 6.92 Å². The summed E-state index contributed by atoms with van der Waals surface area (Å²) >= 11 is 0. The Hall–Kier alpha value is -3.61. The van der Waals surface area contributed by atoms with Gasteiger partial charge >= 0.3 is 5.97 Å². The fourth-order valence-electron chi connectivity index (χ4n) is 3.33. The van der Waals surface area contributed by atoms with Gasteiger partial charge in [-0.2, -0.15) is 0 Å². The minimum absolute atomic E-state index is 0.253. The molecule has 0 saturated carbocycles. The second-order valence-corrected chi connectivity index (χ2v) is 6.98. The molecule has 0 spiro atoms. The molecule has 1 heterocycles. The Balaban J connectivity index is 1.64. The zero-order valence-electron chi connectivity index (χ0n) is 17.0. The maximum absolute atomic E-state index is 12.6. The predicted molar refractivity (Wildman–Crippen MR) is 115 cm³/mol. The van der Waals surface area contributed by atoms with Gasteiger partial charge in [-0.15, -0.1) is 0 Å². The van der Waals surface area contributed by atoms with Gasteiger partial charge in [-0.25, -0.2) is 4.79 Å². The average molecular weight is 407 g/mol. The molecule has 156 valence electrons. The molecule has 0 aliphatic heterocycles. The number of amides is 2. The van der Waals surface area contributed by atoms with E-state index in [9.17, 15) is 14.4 Å². The van der Waals surface area contributed by atoms with E-state index in [4.69, 9.17) is 4.74 Å². The normalized spacial score (nSPS) is 11.7. The van der Waals surface area contributed by atoms with Crippen LogP contribution in [0.4, 0.5) is 5.69 Å². The zero-order chi connectivity index (χ0) is 21.5. The molecule has 0 unspecified atom stereocenters. The van der Waals surface area contributed by atoms with Crippen LogP contribution in [0.25, 0.3) is 10.9 Å². The Morgan fingerprint density at radius 3 is 2.53 bits per heavy atom. The number of esters is 1. The highest BCUT2D eigenvalue weighted by atomic mass is 16.5. The molecule has 0 fully saturated rings. The van der Waals surface area contributed by atoms with Crippen LogP contribution >= 0.6 is 0 Å². The van der Waals surface area contributed by atoms with Gasteiger partial charge in [0.15, 0.2) is 6.61 Å². The number of nitrogens with one attached hydrogen (secondary N) is 3. The third-order valence-electron chi connectivity index (χ3n) is 4.78. The molecule has 0 aliphatic rings. The summed E-state index contributed by atoms with van der Waals surface area (Å²) in [6.45, 7) is 2.90. The molecule has 7 heteroatoms. The van der Waals surface area contributed by atoms with E-state index in [1.807, 2.05) is 49.4 Å². The average Bonchev–Trinajstić information content (AvgIpc) is 3.14. The number of H-pyrrole nitrogens is 1. The SMILES string of the molecule is CCc1ccccc1NC(=O)COC(=O)[C@H](Cc1c[nH]c2ccccc12)NC(C)=O. The van der Waals surface area contributed by atoms with Crippen LogP contribution in [0.15, 0.2) is 54.7 Å². The molecule has 0 bridgehead atoms. The molecule has 0 radical (unpaired) electrons. The number of carbonyl (C=O) groups excluding carboxylic acids is 3. The third-order valence-corrected chi connectivity index (χ3v) is 4.78. The zero-order valence-corrected chi connectivity index (χ0v) is 17.0. The quantitative estimate of drug-likeness (QED) is 0.500. The molecule has 3 rings (SSSR count). The van der Waals surface area contributed by atoms with Crippen molar-refractivity contribution in [2.45, 2.75) is 32.7 Å². The number of anilines is 1. The summed E-state index contributed by atoms with van der Waals surface area (Å²) in [6.07, 6.45) is 2.83. The Bertz CT molecular complexity index is 1060. The smallest absolute Gasteiger partial charge is 0.329 e. The van der Waals surface area contributed by atoms with Gasteiger partial charge in [0, 0.05) is 36.1 Å². The summed E-state index contributed by atoms with van der Waals surface area (Å²) in [5, 5.41) is 6.34. The number of aromatic amines is 1. The second-order valence-electron chi connectivity index (χ2n) is 6.98. The largest absolute Gasteiger partial charge is 0.454 e. The van der Waals surface area contributed by atoms with Crippen molar-refractivity contribution in [3.8, 4) is 0 Å². The number of fused-ring (bicyclic) bond motifs is 1. The number of hydrogen-bond acceptors (Lipinski definition) is 4. The van der Waals surface area contributed by atoms with Crippen LogP contribution < -0.4 is 10.6 Å². The van der Waals surface area contributed by atoms with Gasteiger partial charge < -0.3 is 20.4 Å². The summed E-state index contributed by atoms with van der Waals surface area (Å²) in [4.78, 5) is 39.6. The first-order valence-corrected chi connectivity index (χ1v) is 9.84. The standard InChI is InChI=1S/C23H25N3O4/c1-3-16-8-4-6-10-19(16)26-22(28)14-30-23(29)21(25-15(2)27)12-17-13-24-20-11-7-5-9-18(17)20/h4-11,13,21,24H,3,12,14H2,1-2H3,(H,25,27)(H,26,28)/t21-/m0/s1. The van der Waals surface area contributed by atoms with Crippen LogP contribution in [0, 0.1) is 0 Å². The molecule has 0 aliphatic carbocycles. The lowest BCUT2D eigenvalue weighted by Crippen LogP contribution is -2.43. The van der Waals surface area contributed by atoms with E-state index >= 15 is 0 Å². The van der Waals surface area contributed by atoms with Crippen LogP contribution in [0.1, 0.15) is 25.0 Å². The topological polar surface area (TPSA) is 100 Å². The number of ether oxygens (including phenoxy) is 1. The molecule has 30 heavy (non-hydrogen) atoms. The van der Waals surface area contributed by atoms with Gasteiger partial charge in [-0.05, 0) is 29.7 Å². The van der Waals surface area contributed by atoms with Gasteiger partial charge in [-0.3, -0.25) is 9.59 Å². The van der Waals surface area contributed by atoms with Gasteiger partial charge in [0.1, 0.15) is 6.04 Å². The van der Waals surface area contributed by atoms with Crippen LogP contribution in [-0.2, 0) is 32.0 Å². The van der Waals surface area contributed by atoms with E-state index in [0.29, 0.717) is 5.69 Å². The number of benzene rings is 2. The minimum Gasteiger partial charge on any atom is -0.454 e. The molecule has 0 saturated heterocycles. The molecule has 2 aromatic carbocycles. The van der Waals surface area contributed by atoms with Crippen LogP contribution in [-0.4, -0.2) is 35.4 Å². The lowest BCUT2D eigenvalue weighted by atomic mass is 10.0. The Morgan fingerprint density at radius 1 is 1.03 bits per heavy atom. The van der Waals surface area contributed by atoms with E-state index in [2.05, 4.69) is 15.6 Å². The molecule has 3 aromatic rings. The van der Waals surface area contributed by atoms with Crippen molar-refractivity contribution in [1.29, 1.82) is 0 Å². The number of aryl methyl sites for hydroxylation is 1. The van der Waals surface area contributed by atoms with Crippen molar-refractivity contribution in [2.24, 2.45) is 0 Å². The minimum atomic E-state index is -0.891. The second kappa shape index (κ2) is 9.73. The molecule has 2 amide bonds. The van der Waals surface area contributed by atoms with Crippen molar-refractivity contribution >= 4 is 34.4 Å². The van der Waals surface area contributed by atoms with E-state index in [-0.39, 0.29) is 12.3 Å². The first-order valence-electron chi connectivity index (χ1n) is 9.84. The summed E-state index contributed by atoms with van der Waals surface area (Å²) in [6, 6.07) is 14.3. The Labute approximate surface area is 174 Å². The molecule has 1 atom stereocenters. The van der Waals surface area contributed by atoms with Crippen molar-refractivity contribution < 1.29 is 19.1 Å². The van der Waals surface area contributed by atoms with Crippen molar-refractivity contribution in [3.63, 3.8) is 0 Å². The van der Waals surface area contributed by atoms with Crippen molar-refractivity contribution in [3.05, 3.63) is 65.9 Å². The first-order chi connectivity index (χ1) is 14.5. The fraction of sp³-hybridized carbons (Fsp3) is 0.261. The van der Waals surface area contributed by atoms with Crippen molar-refractivity contribution in [1.82, 2.24) is 10.3 Å². The van der Waals surface area contributed by atoms with Gasteiger partial charge in [0.05, 0.1) is 0 Å². The monoisotopic (exact) mass is 407 g/mol. The van der Waals surface area contributed by atoms with Crippen LogP contribution in [0.2, 0.25) is 0 Å². The van der Waals surface area contributed by atoms with Crippen molar-refractivity contribution in [2.75, 3.05) is 11.9 Å². The fourth-order valence-corrected chi connectivity index (χ4v) is 3.33. The molecule has 7 nitrogen and oxygen atoms in total. The number of hydrogen-bond donors (Lipinski definition) is 3. The lowest BCUT2D eigenvalue weighted by molar-refractivity contribution is -0.150. The number of carbonyl (C=O) groups is 3. The van der Waals surface area contributed by atoms with E-state index < -0.39 is 24.5 Å². The van der Waals surface area contributed by atoms with Gasteiger partial charge in [0.2, 0.25) is 5.91 Å². The number of aromatic nitrogens is 1. The number of rotatable bonds is 8. The maximum Gasteiger partial charge on any atom is 0.329 e. The first kappa shape index (κ1) is 21.1. The highest BCUT2D eigenvalue weighted by molar-refractivity contribution is 5.94. The molecule has 3 N–H and O–H groups in total. The highest BCUT2D eigenvalue weighted by Gasteiger charge is 2.24. The third kappa shape index (κ3) is 5.26. The van der Waals surface area contributed by atoms with E-state index in [0.717, 1.165) is 28.5 Å². The molecular weight excluding hydrogens is 382 g/mol. The Morgan fingerprint density at radius 2 is 1.77 bits per heavy atom. The maximum atomic E-state index is 12.6.